The lowest BCUT2D eigenvalue weighted by Crippen LogP contribution is -2.48. The van der Waals surface area contributed by atoms with Gasteiger partial charge in [-0.25, -0.2) is 8.42 Å². The molecule has 1 fully saturated rings. The smallest absolute Gasteiger partial charge is 0.251 e. The Labute approximate surface area is 106 Å². The lowest BCUT2D eigenvalue weighted by atomic mass is 10.2. The predicted octanol–water partition coefficient (Wildman–Crippen LogP) is 0.103. The Morgan fingerprint density at radius 3 is 2.56 bits per heavy atom. The zero-order chi connectivity index (χ0) is 12.3. The van der Waals surface area contributed by atoms with Crippen LogP contribution in [0.15, 0.2) is 0 Å². The van der Waals surface area contributed by atoms with E-state index >= 15 is 0 Å². The van der Waals surface area contributed by atoms with Crippen molar-refractivity contribution >= 4 is 41.2 Å². The fraction of sp³-hybridized carbons (Fsp3) is 0.778. The van der Waals surface area contributed by atoms with E-state index in [-0.39, 0.29) is 3.92 Å². The molecule has 1 amide bonds. The molecule has 1 rings (SSSR count). The second-order valence-electron chi connectivity index (χ2n) is 3.82. The quantitative estimate of drug-likeness (QED) is 0.520. The van der Waals surface area contributed by atoms with Gasteiger partial charge in [0.2, 0.25) is 10.0 Å². The zero-order valence-corrected chi connectivity index (χ0v) is 12.1. The topological polar surface area (TPSA) is 89.3 Å². The maximum absolute atomic E-state index is 11.6. The highest BCUT2D eigenvalue weighted by molar-refractivity contribution is 14.2. The zero-order valence-electron chi connectivity index (χ0n) is 9.15. The predicted molar refractivity (Wildman–Crippen MR) is 73.3 cm³/mol. The number of halogens is 1. The molecule has 0 radical (unpaired) electrons. The number of nitrogens with two attached hydrogens (primary N) is 1. The third-order valence-electron chi connectivity index (χ3n) is 2.49. The summed E-state index contributed by atoms with van der Waals surface area (Å²) in [6.07, 6.45) is 2.03. The molecule has 3 N–H and O–H groups in total. The van der Waals surface area contributed by atoms with Crippen molar-refractivity contribution in [3.63, 3.8) is 0 Å². The fourth-order valence-electron chi connectivity index (χ4n) is 1.29. The van der Waals surface area contributed by atoms with E-state index in [1.807, 2.05) is 6.92 Å². The average molecular weight is 360 g/mol. The summed E-state index contributed by atoms with van der Waals surface area (Å²) in [6, 6.07) is -0.746. The second-order valence-corrected chi connectivity index (χ2v) is 8.26. The summed E-state index contributed by atoms with van der Waals surface area (Å²) in [7, 11) is -3.47. The van der Waals surface area contributed by atoms with E-state index in [0.29, 0.717) is 12.8 Å². The Morgan fingerprint density at radius 1 is 1.62 bits per heavy atom. The third-order valence-corrected chi connectivity index (χ3v) is 7.11. The van der Waals surface area contributed by atoms with E-state index in [1.165, 1.54) is 0 Å². The molecular formula is C9H17IN2O3S. The van der Waals surface area contributed by atoms with Crippen molar-refractivity contribution in [2.24, 2.45) is 5.73 Å². The molecule has 0 bridgehead atoms. The number of amides is 1. The average Bonchev–Trinajstić information content (AvgIpc) is 3.01. The number of alkyl halides is 1. The molecule has 1 unspecified atom stereocenters. The molecule has 0 aromatic rings. The summed E-state index contributed by atoms with van der Waals surface area (Å²) < 4.78 is 28.9. The van der Waals surface area contributed by atoms with Crippen molar-refractivity contribution in [3.8, 4) is 0 Å². The van der Waals surface area contributed by atoms with E-state index in [2.05, 4.69) is 9.24 Å². The van der Waals surface area contributed by atoms with Crippen molar-refractivity contribution in [3.05, 3.63) is 0 Å². The lowest BCUT2D eigenvalue weighted by molar-refractivity contribution is -0.120. The Morgan fingerprint density at radius 2 is 2.19 bits per heavy atom. The minimum absolute atomic E-state index is 0.0354. The van der Waals surface area contributed by atoms with Gasteiger partial charge in [0.05, 0.1) is 11.3 Å². The number of nitrogens with one attached hydrogen (secondary N) is 1. The minimum Gasteiger partial charge on any atom is -0.319 e. The van der Waals surface area contributed by atoms with E-state index in [4.69, 9.17) is 5.73 Å². The van der Waals surface area contributed by atoms with Gasteiger partial charge in [0.1, 0.15) is 0 Å². The standard InChI is InChI=1S/C9H17IN2O3S/c1-3-7(10-2)8(11)9(13)12-16(14,15)6-4-5-6/h6-8H,2-5,11H2,1H3,(H,12,13)/t7-,8?/m0/s1. The highest BCUT2D eigenvalue weighted by Gasteiger charge is 2.38. The maximum atomic E-state index is 11.6. The normalized spacial score (nSPS) is 20.1. The molecule has 0 saturated heterocycles. The molecule has 1 saturated carbocycles. The summed E-state index contributed by atoms with van der Waals surface area (Å²) in [6.45, 7) is 1.93. The first-order valence-electron chi connectivity index (χ1n) is 5.10. The molecule has 2 atom stereocenters. The summed E-state index contributed by atoms with van der Waals surface area (Å²) in [5.41, 5.74) is 5.72. The first kappa shape index (κ1) is 14.0. The van der Waals surface area contributed by atoms with Gasteiger partial charge in [-0.05, 0) is 19.3 Å². The van der Waals surface area contributed by atoms with Gasteiger partial charge in [0, 0.05) is 3.92 Å². The molecule has 16 heavy (non-hydrogen) atoms. The van der Waals surface area contributed by atoms with E-state index in [9.17, 15) is 13.2 Å². The van der Waals surface area contributed by atoms with Crippen LogP contribution in [0.3, 0.4) is 0 Å². The number of sulfonamides is 1. The molecule has 5 nitrogen and oxygen atoms in total. The van der Waals surface area contributed by atoms with Crippen molar-refractivity contribution in [1.29, 1.82) is 0 Å². The Hall–Kier alpha value is -0.0200. The molecule has 94 valence electrons. The molecule has 1 aliphatic rings. The van der Waals surface area contributed by atoms with Gasteiger partial charge in [-0.3, -0.25) is 9.52 Å². The molecule has 7 heteroatoms. The molecule has 0 aromatic carbocycles. The number of hydrogen-bond donors (Lipinski definition) is 2. The number of carbonyl (C=O) groups excluding carboxylic acids is 1. The van der Waals surface area contributed by atoms with Crippen molar-refractivity contribution < 1.29 is 13.2 Å². The van der Waals surface area contributed by atoms with Crippen LogP contribution in [0.2, 0.25) is 0 Å². The lowest BCUT2D eigenvalue weighted by Gasteiger charge is -2.17. The van der Waals surface area contributed by atoms with Gasteiger partial charge in [-0.15, -0.1) is 20.7 Å². The molecule has 0 heterocycles. The summed E-state index contributed by atoms with van der Waals surface area (Å²) in [5, 5.41) is -0.391. The highest BCUT2D eigenvalue weighted by atomic mass is 127. The molecule has 0 aromatic heterocycles. The largest absolute Gasteiger partial charge is 0.319 e. The van der Waals surface area contributed by atoms with Crippen LogP contribution >= 0.6 is 20.7 Å². The van der Waals surface area contributed by atoms with Crippen LogP contribution in [0.25, 0.3) is 0 Å². The van der Waals surface area contributed by atoms with Crippen molar-refractivity contribution in [2.45, 2.75) is 41.4 Å². The van der Waals surface area contributed by atoms with E-state index < -0.39 is 48.0 Å². The fourth-order valence-corrected chi connectivity index (χ4v) is 4.13. The number of hydrogen-bond acceptors (Lipinski definition) is 4. The summed E-state index contributed by atoms with van der Waals surface area (Å²) >= 11 is -0.406. The van der Waals surface area contributed by atoms with Crippen LogP contribution in [-0.2, 0) is 14.8 Å². The SMILES string of the molecule is C=I[C@@H](CC)C(N)C(=O)NS(=O)(=O)C1CC1. The van der Waals surface area contributed by atoms with Crippen LogP contribution in [0.4, 0.5) is 0 Å². The first-order chi connectivity index (χ1) is 7.42. The Kier molecular flexibility index (Phi) is 4.87. The number of rotatable bonds is 6. The van der Waals surface area contributed by atoms with Gasteiger partial charge in [-0.2, -0.15) is 0 Å². The van der Waals surface area contributed by atoms with Gasteiger partial charge in [-0.1, -0.05) is 11.4 Å². The van der Waals surface area contributed by atoms with Gasteiger partial charge >= 0.3 is 0 Å². The Balaban J connectivity index is 2.60. The third kappa shape index (κ3) is 3.49. The summed E-state index contributed by atoms with van der Waals surface area (Å²) in [5.74, 6) is -0.581. The van der Waals surface area contributed by atoms with Crippen LogP contribution in [0.1, 0.15) is 26.2 Å². The number of carbonyl (C=O) groups is 1. The molecule has 0 aliphatic heterocycles. The van der Waals surface area contributed by atoms with Crippen LogP contribution in [0.5, 0.6) is 0 Å². The minimum atomic E-state index is -3.47. The van der Waals surface area contributed by atoms with Gasteiger partial charge in [0.25, 0.3) is 5.91 Å². The second kappa shape index (κ2) is 5.54. The highest BCUT2D eigenvalue weighted by Crippen LogP contribution is 2.27. The van der Waals surface area contributed by atoms with E-state index in [1.54, 1.807) is 0 Å². The molecule has 1 aliphatic carbocycles. The van der Waals surface area contributed by atoms with Gasteiger partial charge < -0.3 is 5.73 Å². The van der Waals surface area contributed by atoms with Crippen molar-refractivity contribution in [2.75, 3.05) is 0 Å². The monoisotopic (exact) mass is 360 g/mol. The Bertz CT molecular complexity index is 378. The maximum Gasteiger partial charge on any atom is 0.251 e. The van der Waals surface area contributed by atoms with Crippen LogP contribution in [0, 0.1) is 0 Å². The summed E-state index contributed by atoms with van der Waals surface area (Å²) in [4.78, 5) is 11.6. The van der Waals surface area contributed by atoms with E-state index in [0.717, 1.165) is 6.42 Å². The van der Waals surface area contributed by atoms with Crippen LogP contribution in [-0.4, -0.2) is 34.1 Å². The molecule has 0 spiro atoms. The first-order valence-corrected chi connectivity index (χ1v) is 9.42. The van der Waals surface area contributed by atoms with Crippen molar-refractivity contribution in [1.82, 2.24) is 4.72 Å². The van der Waals surface area contributed by atoms with Gasteiger partial charge in [0.15, 0.2) is 0 Å². The molecular weight excluding hydrogens is 343 g/mol. The van der Waals surface area contributed by atoms with Crippen LogP contribution < -0.4 is 10.5 Å².